The average Bonchev–Trinajstić information content (AvgIpc) is 2.58. The monoisotopic (exact) mass is 218 g/mol. The van der Waals surface area contributed by atoms with Crippen LogP contribution in [0.2, 0.25) is 0 Å². The number of esters is 2. The van der Waals surface area contributed by atoms with Crippen molar-refractivity contribution in [3.8, 4) is 0 Å². The molecule has 4 atom stereocenters. The van der Waals surface area contributed by atoms with Gasteiger partial charge >= 0.3 is 11.9 Å². The van der Waals surface area contributed by atoms with E-state index in [0.717, 1.165) is 0 Å². The fourth-order valence-electron chi connectivity index (χ4n) is 1.73. The summed E-state index contributed by atoms with van der Waals surface area (Å²) in [6.45, 7) is 0. The van der Waals surface area contributed by atoms with Crippen LogP contribution in [-0.2, 0) is 28.5 Å². The molecule has 0 aromatic heterocycles. The van der Waals surface area contributed by atoms with Gasteiger partial charge in [-0.15, -0.1) is 0 Å². The molecule has 2 fully saturated rings. The maximum absolute atomic E-state index is 11.2. The van der Waals surface area contributed by atoms with E-state index < -0.39 is 36.4 Å². The normalized spacial score (nSPS) is 38.0. The summed E-state index contributed by atoms with van der Waals surface area (Å²) < 4.78 is 19.6. The number of fused-ring (bicyclic) bond motifs is 1. The van der Waals surface area contributed by atoms with Crippen LogP contribution in [0.15, 0.2) is 0 Å². The highest BCUT2D eigenvalue weighted by atomic mass is 16.7. The zero-order valence-corrected chi connectivity index (χ0v) is 7.76. The van der Waals surface area contributed by atoms with Crippen LogP contribution in [0.25, 0.3) is 0 Å². The molecular weight excluding hydrogens is 204 g/mol. The Kier molecular flexibility index (Phi) is 3.31. The summed E-state index contributed by atoms with van der Waals surface area (Å²) in [4.78, 5) is 22.4. The van der Waals surface area contributed by atoms with Crippen molar-refractivity contribution in [2.75, 3.05) is 14.2 Å². The second-order valence-corrected chi connectivity index (χ2v) is 3.12. The second-order valence-electron chi connectivity index (χ2n) is 3.12. The van der Waals surface area contributed by atoms with Crippen molar-refractivity contribution in [1.29, 1.82) is 0 Å². The number of rotatable bonds is 2. The van der Waals surface area contributed by atoms with Crippen LogP contribution in [0, 0.1) is 0 Å². The summed E-state index contributed by atoms with van der Waals surface area (Å²) in [7, 11) is 2.73. The third-order valence-corrected chi connectivity index (χ3v) is 2.40. The topological polar surface area (TPSA) is 71.1 Å². The number of carbonyl (C=O) groups is 2. The van der Waals surface area contributed by atoms with E-state index in [-0.39, 0.29) is 7.43 Å². The van der Waals surface area contributed by atoms with E-state index in [1.807, 2.05) is 0 Å². The first-order chi connectivity index (χ1) is 6.69. The molecular formula is C9H14O6. The van der Waals surface area contributed by atoms with E-state index in [9.17, 15) is 9.59 Å². The molecule has 2 aliphatic rings. The van der Waals surface area contributed by atoms with Crippen molar-refractivity contribution in [2.45, 2.75) is 31.8 Å². The Labute approximate surface area is 87.4 Å². The minimum atomic E-state index is -0.830. The van der Waals surface area contributed by atoms with E-state index in [0.29, 0.717) is 0 Å². The van der Waals surface area contributed by atoms with Gasteiger partial charge in [0.15, 0.2) is 24.4 Å². The molecule has 2 heterocycles. The standard InChI is InChI=1S/C8H10O6.CH4/c1-11-5-3-4(14-7(5)9)6(12-2)8(10)13-3;/h3-6H,1-2H3;1H4/t3-,4?,5-,6-;/m1./s1. The quantitative estimate of drug-likeness (QED) is 0.582. The van der Waals surface area contributed by atoms with Gasteiger partial charge in [-0.3, -0.25) is 0 Å². The van der Waals surface area contributed by atoms with Crippen LogP contribution in [0.5, 0.6) is 0 Å². The molecule has 0 bridgehead atoms. The summed E-state index contributed by atoms with van der Waals surface area (Å²) in [6, 6.07) is 0. The maximum Gasteiger partial charge on any atom is 0.339 e. The van der Waals surface area contributed by atoms with Crippen LogP contribution >= 0.6 is 0 Å². The van der Waals surface area contributed by atoms with Crippen LogP contribution in [0.3, 0.4) is 0 Å². The molecule has 0 aliphatic carbocycles. The van der Waals surface area contributed by atoms with Gasteiger partial charge in [-0.1, -0.05) is 7.43 Å². The summed E-state index contributed by atoms with van der Waals surface area (Å²) >= 11 is 0. The third-order valence-electron chi connectivity index (χ3n) is 2.40. The lowest BCUT2D eigenvalue weighted by Gasteiger charge is -2.10. The van der Waals surface area contributed by atoms with Crippen molar-refractivity contribution in [2.24, 2.45) is 0 Å². The zero-order valence-electron chi connectivity index (χ0n) is 7.76. The lowest BCUT2D eigenvalue weighted by molar-refractivity contribution is -0.161. The second kappa shape index (κ2) is 4.16. The van der Waals surface area contributed by atoms with Gasteiger partial charge in [0.05, 0.1) is 0 Å². The van der Waals surface area contributed by atoms with Gasteiger partial charge < -0.3 is 18.9 Å². The van der Waals surface area contributed by atoms with E-state index in [1.54, 1.807) is 0 Å². The average molecular weight is 218 g/mol. The first kappa shape index (κ1) is 11.9. The smallest absolute Gasteiger partial charge is 0.339 e. The van der Waals surface area contributed by atoms with E-state index in [2.05, 4.69) is 0 Å². The number of carbonyl (C=O) groups excluding carboxylic acids is 2. The predicted molar refractivity (Wildman–Crippen MR) is 48.1 cm³/mol. The van der Waals surface area contributed by atoms with Gasteiger partial charge in [-0.2, -0.15) is 0 Å². The van der Waals surface area contributed by atoms with Crippen molar-refractivity contribution in [3.05, 3.63) is 0 Å². The summed E-state index contributed by atoms with van der Waals surface area (Å²) in [5.74, 6) is -1.03. The molecule has 0 saturated carbocycles. The molecule has 1 unspecified atom stereocenters. The number of methoxy groups -OCH3 is 2. The minimum Gasteiger partial charge on any atom is -0.453 e. The molecule has 15 heavy (non-hydrogen) atoms. The van der Waals surface area contributed by atoms with E-state index >= 15 is 0 Å². The molecule has 6 heteroatoms. The fourth-order valence-corrected chi connectivity index (χ4v) is 1.73. The van der Waals surface area contributed by atoms with Gasteiger partial charge in [0, 0.05) is 14.2 Å². The van der Waals surface area contributed by atoms with Crippen molar-refractivity contribution in [1.82, 2.24) is 0 Å². The first-order valence-corrected chi connectivity index (χ1v) is 4.15. The van der Waals surface area contributed by atoms with Crippen LogP contribution in [-0.4, -0.2) is 50.6 Å². The lowest BCUT2D eigenvalue weighted by Crippen LogP contribution is -2.33. The van der Waals surface area contributed by atoms with E-state index in [1.165, 1.54) is 14.2 Å². The van der Waals surface area contributed by atoms with Gasteiger partial charge in [-0.05, 0) is 0 Å². The Morgan fingerprint density at radius 3 is 1.53 bits per heavy atom. The Balaban J connectivity index is 0.00000112. The SMILES string of the molecule is C.CO[C@H]1C(=O)O[C@@H]2C1OC(=O)[C@@H]2OC. The van der Waals surface area contributed by atoms with Crippen molar-refractivity contribution < 1.29 is 28.5 Å². The van der Waals surface area contributed by atoms with Gasteiger partial charge in [-0.25, -0.2) is 9.59 Å². The maximum atomic E-state index is 11.2. The highest BCUT2D eigenvalue weighted by Gasteiger charge is 2.58. The fraction of sp³-hybridized carbons (Fsp3) is 0.778. The molecule has 2 aliphatic heterocycles. The summed E-state index contributed by atoms with van der Waals surface area (Å²) in [5, 5.41) is 0. The minimum absolute atomic E-state index is 0. The molecule has 2 saturated heterocycles. The molecule has 0 spiro atoms. The molecule has 0 aromatic carbocycles. The van der Waals surface area contributed by atoms with Gasteiger partial charge in [0.25, 0.3) is 0 Å². The lowest BCUT2D eigenvalue weighted by atomic mass is 10.1. The first-order valence-electron chi connectivity index (χ1n) is 4.15. The molecule has 0 N–H and O–H groups in total. The van der Waals surface area contributed by atoms with Gasteiger partial charge in [0.1, 0.15) is 0 Å². The van der Waals surface area contributed by atoms with Crippen molar-refractivity contribution in [3.63, 3.8) is 0 Å². The highest BCUT2D eigenvalue weighted by Crippen LogP contribution is 2.31. The van der Waals surface area contributed by atoms with Gasteiger partial charge in [0.2, 0.25) is 0 Å². The summed E-state index contributed by atoms with van der Waals surface area (Å²) in [5.41, 5.74) is 0. The Bertz CT molecular complexity index is 248. The molecule has 2 rings (SSSR count). The Morgan fingerprint density at radius 1 is 0.933 bits per heavy atom. The predicted octanol–water partition coefficient (Wildman–Crippen LogP) is -0.497. The molecule has 86 valence electrons. The van der Waals surface area contributed by atoms with Crippen LogP contribution in [0.1, 0.15) is 7.43 Å². The van der Waals surface area contributed by atoms with Crippen LogP contribution in [0.4, 0.5) is 0 Å². The number of ether oxygens (including phenoxy) is 4. The number of hydrogen-bond acceptors (Lipinski definition) is 6. The highest BCUT2D eigenvalue weighted by molar-refractivity contribution is 5.85. The van der Waals surface area contributed by atoms with E-state index in [4.69, 9.17) is 18.9 Å². The van der Waals surface area contributed by atoms with Crippen LogP contribution < -0.4 is 0 Å². The zero-order chi connectivity index (χ0) is 10.3. The summed E-state index contributed by atoms with van der Waals surface area (Å²) in [6.07, 6.45) is -3.01. The molecule has 0 aromatic rings. The Morgan fingerprint density at radius 2 is 1.27 bits per heavy atom. The van der Waals surface area contributed by atoms with Crippen molar-refractivity contribution >= 4 is 11.9 Å². The third kappa shape index (κ3) is 1.59. The Hall–Kier alpha value is -1.14. The largest absolute Gasteiger partial charge is 0.453 e. The molecule has 6 nitrogen and oxygen atoms in total. The molecule has 0 amide bonds. The molecule has 0 radical (unpaired) electrons. The number of hydrogen-bond donors (Lipinski definition) is 0.